The summed E-state index contributed by atoms with van der Waals surface area (Å²) >= 11 is 0. The Labute approximate surface area is 108 Å². The quantitative estimate of drug-likeness (QED) is 0.805. The highest BCUT2D eigenvalue weighted by Crippen LogP contribution is 2.15. The number of hydrogen-bond acceptors (Lipinski definition) is 5. The average molecular weight is 264 g/mol. The van der Waals surface area contributed by atoms with Gasteiger partial charge in [0, 0.05) is 19.9 Å². The van der Waals surface area contributed by atoms with Crippen molar-refractivity contribution >= 4 is 11.6 Å². The number of aromatic nitrogens is 2. The van der Waals surface area contributed by atoms with Crippen molar-refractivity contribution in [2.45, 2.75) is 13.3 Å². The highest BCUT2D eigenvalue weighted by atomic mass is 19.1. The van der Waals surface area contributed by atoms with Gasteiger partial charge in [-0.05, 0) is 12.1 Å². The van der Waals surface area contributed by atoms with Crippen molar-refractivity contribution in [1.29, 1.82) is 0 Å². The van der Waals surface area contributed by atoms with Crippen LogP contribution in [0, 0.1) is 12.7 Å². The number of anilines is 1. The van der Waals surface area contributed by atoms with Crippen LogP contribution < -0.4 is 11.1 Å². The number of carbonyl (C=O) groups is 1. The van der Waals surface area contributed by atoms with Crippen LogP contribution in [0.25, 0.3) is 0 Å². The molecule has 6 nitrogen and oxygen atoms in total. The number of amides is 1. The predicted octanol–water partition coefficient (Wildman–Crippen LogP) is 1.07. The normalized spacial score (nSPS) is 10.4. The molecule has 19 heavy (non-hydrogen) atoms. The van der Waals surface area contributed by atoms with Crippen molar-refractivity contribution in [3.63, 3.8) is 0 Å². The van der Waals surface area contributed by atoms with Gasteiger partial charge in [-0.25, -0.2) is 4.39 Å². The topological polar surface area (TPSA) is 94.0 Å². The highest BCUT2D eigenvalue weighted by molar-refractivity contribution is 5.99. The maximum atomic E-state index is 13.2. The van der Waals surface area contributed by atoms with Gasteiger partial charge in [0.1, 0.15) is 5.82 Å². The monoisotopic (exact) mass is 264 g/mol. The lowest BCUT2D eigenvalue weighted by Gasteiger charge is -2.06. The summed E-state index contributed by atoms with van der Waals surface area (Å²) in [6.07, 6.45) is 0.429. The molecule has 1 amide bonds. The fraction of sp³-hybridized carbons (Fsp3) is 0.250. The molecule has 0 radical (unpaired) electrons. The molecular formula is C12H13FN4O2. The lowest BCUT2D eigenvalue weighted by molar-refractivity contribution is 0.0954. The summed E-state index contributed by atoms with van der Waals surface area (Å²) in [7, 11) is 0. The van der Waals surface area contributed by atoms with Gasteiger partial charge in [-0.1, -0.05) is 11.2 Å². The lowest BCUT2D eigenvalue weighted by atomic mass is 10.1. The highest BCUT2D eigenvalue weighted by Gasteiger charge is 2.12. The van der Waals surface area contributed by atoms with E-state index in [1.165, 1.54) is 18.2 Å². The van der Waals surface area contributed by atoms with Crippen LogP contribution in [-0.4, -0.2) is 22.6 Å². The van der Waals surface area contributed by atoms with Crippen LogP contribution in [0.2, 0.25) is 0 Å². The zero-order chi connectivity index (χ0) is 13.8. The number of nitrogens with two attached hydrogens (primary N) is 1. The van der Waals surface area contributed by atoms with Crippen LogP contribution in [0.3, 0.4) is 0 Å². The van der Waals surface area contributed by atoms with Crippen molar-refractivity contribution < 1.29 is 13.7 Å². The Morgan fingerprint density at radius 1 is 1.53 bits per heavy atom. The van der Waals surface area contributed by atoms with Crippen molar-refractivity contribution in [1.82, 2.24) is 15.5 Å². The Hall–Kier alpha value is -2.44. The summed E-state index contributed by atoms with van der Waals surface area (Å²) in [5, 5.41) is 6.31. The van der Waals surface area contributed by atoms with Crippen LogP contribution in [0.4, 0.5) is 10.1 Å². The Bertz CT molecular complexity index is 597. The number of nitrogens with zero attached hydrogens (tertiary/aromatic N) is 2. The SMILES string of the molecule is Cc1nc(CCNC(=O)c2cccc(F)c2N)no1. The van der Waals surface area contributed by atoms with Crippen LogP contribution >= 0.6 is 0 Å². The van der Waals surface area contributed by atoms with Crippen molar-refractivity contribution in [2.75, 3.05) is 12.3 Å². The molecule has 100 valence electrons. The average Bonchev–Trinajstić information content (AvgIpc) is 2.78. The van der Waals surface area contributed by atoms with E-state index >= 15 is 0 Å². The van der Waals surface area contributed by atoms with Gasteiger partial charge in [-0.15, -0.1) is 0 Å². The maximum absolute atomic E-state index is 13.2. The third-order valence-electron chi connectivity index (χ3n) is 2.50. The van der Waals surface area contributed by atoms with Crippen molar-refractivity contribution in [3.05, 3.63) is 41.3 Å². The summed E-state index contributed by atoms with van der Waals surface area (Å²) in [6.45, 7) is 2.00. The van der Waals surface area contributed by atoms with Crippen molar-refractivity contribution in [3.8, 4) is 0 Å². The van der Waals surface area contributed by atoms with E-state index in [2.05, 4.69) is 15.5 Å². The minimum absolute atomic E-state index is 0.115. The van der Waals surface area contributed by atoms with E-state index in [1.54, 1.807) is 6.92 Å². The molecule has 1 heterocycles. The minimum Gasteiger partial charge on any atom is -0.396 e. The summed E-state index contributed by atoms with van der Waals surface area (Å²) in [5.74, 6) is -0.0700. The Morgan fingerprint density at radius 3 is 3.00 bits per heavy atom. The largest absolute Gasteiger partial charge is 0.396 e. The number of nitrogen functional groups attached to an aromatic ring is 1. The first-order valence-electron chi connectivity index (χ1n) is 5.69. The lowest BCUT2D eigenvalue weighted by Crippen LogP contribution is -2.27. The summed E-state index contributed by atoms with van der Waals surface area (Å²) in [6, 6.07) is 4.10. The number of carbonyl (C=O) groups excluding carboxylic acids is 1. The molecule has 0 saturated heterocycles. The number of para-hydroxylation sites is 1. The van der Waals surface area contributed by atoms with Gasteiger partial charge in [0.2, 0.25) is 5.89 Å². The zero-order valence-electron chi connectivity index (χ0n) is 10.3. The van der Waals surface area contributed by atoms with Gasteiger partial charge < -0.3 is 15.6 Å². The molecule has 2 aromatic rings. The second-order valence-corrected chi connectivity index (χ2v) is 3.94. The number of rotatable bonds is 4. The summed E-state index contributed by atoms with van der Waals surface area (Å²) in [4.78, 5) is 15.8. The maximum Gasteiger partial charge on any atom is 0.253 e. The molecule has 0 unspecified atom stereocenters. The third kappa shape index (κ3) is 3.06. The standard InChI is InChI=1S/C12H13FN4O2/c1-7-16-10(17-19-7)5-6-15-12(18)8-3-2-4-9(13)11(8)14/h2-4H,5-6,14H2,1H3,(H,15,18). The van der Waals surface area contributed by atoms with Crippen LogP contribution in [0.15, 0.2) is 22.7 Å². The first kappa shape index (κ1) is 13.0. The van der Waals surface area contributed by atoms with E-state index < -0.39 is 11.7 Å². The van der Waals surface area contributed by atoms with Gasteiger partial charge in [0.05, 0.1) is 11.3 Å². The number of hydrogen-bond donors (Lipinski definition) is 2. The van der Waals surface area contributed by atoms with Gasteiger partial charge in [-0.3, -0.25) is 4.79 Å². The molecule has 0 aliphatic heterocycles. The molecule has 0 saturated carbocycles. The number of aryl methyl sites for hydroxylation is 1. The van der Waals surface area contributed by atoms with Gasteiger partial charge in [0.15, 0.2) is 5.82 Å². The molecule has 0 aliphatic rings. The molecule has 0 atom stereocenters. The minimum atomic E-state index is -0.610. The molecule has 0 bridgehead atoms. The van der Waals surface area contributed by atoms with Gasteiger partial charge in [-0.2, -0.15) is 4.98 Å². The molecule has 2 rings (SSSR count). The molecule has 7 heteroatoms. The van der Waals surface area contributed by atoms with Crippen LogP contribution in [0.1, 0.15) is 22.1 Å². The fourth-order valence-corrected chi connectivity index (χ4v) is 1.56. The molecule has 0 aliphatic carbocycles. The Balaban J connectivity index is 1.93. The summed E-state index contributed by atoms with van der Waals surface area (Å²) in [5.41, 5.74) is 5.45. The number of halogens is 1. The molecule has 0 spiro atoms. The smallest absolute Gasteiger partial charge is 0.253 e. The molecule has 0 fully saturated rings. The van der Waals surface area contributed by atoms with E-state index in [0.717, 1.165) is 0 Å². The second kappa shape index (κ2) is 5.47. The Kier molecular flexibility index (Phi) is 3.74. The van der Waals surface area contributed by atoms with E-state index in [4.69, 9.17) is 10.3 Å². The molecule has 1 aromatic heterocycles. The van der Waals surface area contributed by atoms with Crippen LogP contribution in [0.5, 0.6) is 0 Å². The molecule has 3 N–H and O–H groups in total. The summed E-state index contributed by atoms with van der Waals surface area (Å²) < 4.78 is 18.0. The predicted molar refractivity (Wildman–Crippen MR) is 65.9 cm³/mol. The third-order valence-corrected chi connectivity index (χ3v) is 2.50. The van der Waals surface area contributed by atoms with E-state index in [1.807, 2.05) is 0 Å². The molecular weight excluding hydrogens is 251 g/mol. The Morgan fingerprint density at radius 2 is 2.32 bits per heavy atom. The number of benzene rings is 1. The zero-order valence-corrected chi connectivity index (χ0v) is 10.3. The van der Waals surface area contributed by atoms with Gasteiger partial charge in [0.25, 0.3) is 5.91 Å². The first-order chi connectivity index (χ1) is 9.08. The second-order valence-electron chi connectivity index (χ2n) is 3.94. The number of nitrogens with one attached hydrogen (secondary N) is 1. The van der Waals surface area contributed by atoms with Crippen LogP contribution in [-0.2, 0) is 6.42 Å². The first-order valence-corrected chi connectivity index (χ1v) is 5.69. The van der Waals surface area contributed by atoms with Crippen molar-refractivity contribution in [2.24, 2.45) is 0 Å². The van der Waals surface area contributed by atoms with E-state index in [0.29, 0.717) is 24.7 Å². The fourth-order valence-electron chi connectivity index (χ4n) is 1.56. The van der Waals surface area contributed by atoms with E-state index in [-0.39, 0.29) is 11.3 Å². The van der Waals surface area contributed by atoms with Gasteiger partial charge >= 0.3 is 0 Å². The molecule has 1 aromatic carbocycles. The van der Waals surface area contributed by atoms with E-state index in [9.17, 15) is 9.18 Å².